The molecule has 47 heavy (non-hydrogen) atoms. The van der Waals surface area contributed by atoms with Gasteiger partial charge in [0.15, 0.2) is 0 Å². The molecule has 0 saturated carbocycles. The van der Waals surface area contributed by atoms with Crippen LogP contribution in [0.5, 0.6) is 0 Å². The highest BCUT2D eigenvalue weighted by atomic mass is 32.1. The number of hydrogen-bond acceptors (Lipinski definition) is 1. The van der Waals surface area contributed by atoms with Gasteiger partial charge in [-0.15, -0.1) is 11.3 Å². The fourth-order valence-electron chi connectivity index (χ4n) is 7.82. The smallest absolute Gasteiger partial charge is 0.0446 e. The van der Waals surface area contributed by atoms with E-state index in [2.05, 4.69) is 170 Å². The van der Waals surface area contributed by atoms with Crippen LogP contribution in [0.25, 0.3) is 97.0 Å². The second kappa shape index (κ2) is 10.4. The Bertz CT molecular complexity index is 2740. The molecule has 0 fully saturated rings. The molecule has 10 rings (SSSR count). The van der Waals surface area contributed by atoms with Crippen LogP contribution in [-0.4, -0.2) is 0 Å². The van der Waals surface area contributed by atoms with Crippen molar-refractivity contribution in [3.8, 4) is 43.8 Å². The second-order valence-corrected chi connectivity index (χ2v) is 13.4. The molecule has 1 aromatic heterocycles. The molecule has 0 nitrogen and oxygen atoms in total. The molecule has 0 aliphatic heterocycles. The Hall–Kier alpha value is -5.76. The van der Waals surface area contributed by atoms with Gasteiger partial charge in [-0.1, -0.05) is 170 Å². The number of fused-ring (bicyclic) bond motifs is 3. The maximum absolute atomic E-state index is 2.36. The highest BCUT2D eigenvalue weighted by Gasteiger charge is 2.26. The Morgan fingerprint density at radius 1 is 0.298 bits per heavy atom. The Labute approximate surface area is 277 Å². The first kappa shape index (κ1) is 26.5. The third-order valence-electron chi connectivity index (χ3n) is 9.81. The Morgan fingerprint density at radius 2 is 0.809 bits per heavy atom. The van der Waals surface area contributed by atoms with Crippen molar-refractivity contribution in [3.63, 3.8) is 0 Å². The van der Waals surface area contributed by atoms with Crippen LogP contribution in [0.4, 0.5) is 0 Å². The summed E-state index contributed by atoms with van der Waals surface area (Å²) < 4.78 is 1.33. The summed E-state index contributed by atoms with van der Waals surface area (Å²) in [4.78, 5) is 1.32. The highest BCUT2D eigenvalue weighted by Crippen LogP contribution is 2.55. The maximum atomic E-state index is 2.36. The Kier molecular flexibility index (Phi) is 5.85. The lowest BCUT2D eigenvalue weighted by Gasteiger charge is -2.17. The Balaban J connectivity index is 1.43. The number of benzene rings is 9. The van der Waals surface area contributed by atoms with E-state index in [4.69, 9.17) is 0 Å². The molecule has 0 radical (unpaired) electrons. The predicted octanol–water partition coefficient (Wildman–Crippen LogP) is 13.6. The average molecular weight is 613 g/mol. The van der Waals surface area contributed by atoms with E-state index < -0.39 is 0 Å². The molecule has 1 heterocycles. The van der Waals surface area contributed by atoms with E-state index in [0.29, 0.717) is 0 Å². The van der Waals surface area contributed by atoms with Gasteiger partial charge in [0, 0.05) is 31.7 Å². The first-order valence-corrected chi connectivity index (χ1v) is 17.0. The average Bonchev–Trinajstić information content (AvgIpc) is 3.55. The molecule has 0 N–H and O–H groups in total. The summed E-state index contributed by atoms with van der Waals surface area (Å²) in [5.74, 6) is 0. The van der Waals surface area contributed by atoms with Gasteiger partial charge in [0.2, 0.25) is 0 Å². The molecule has 0 aliphatic carbocycles. The van der Waals surface area contributed by atoms with Gasteiger partial charge in [0.05, 0.1) is 0 Å². The summed E-state index contributed by atoms with van der Waals surface area (Å²) in [5, 5.41) is 11.8. The monoisotopic (exact) mass is 612 g/mol. The van der Waals surface area contributed by atoms with Gasteiger partial charge in [-0.25, -0.2) is 0 Å². The van der Waals surface area contributed by atoms with E-state index in [1.165, 1.54) is 97.0 Å². The molecular weight excluding hydrogens is 585 g/mol. The zero-order valence-corrected chi connectivity index (χ0v) is 26.4. The summed E-state index contributed by atoms with van der Waals surface area (Å²) in [6, 6.07) is 62.5. The fourth-order valence-corrected chi connectivity index (χ4v) is 9.27. The molecule has 1 heteroatoms. The largest absolute Gasteiger partial charge is 0.134 e. The molecule has 0 saturated heterocycles. The minimum Gasteiger partial charge on any atom is -0.134 e. The molecule has 0 unspecified atom stereocenters. The first-order chi connectivity index (χ1) is 23.3. The van der Waals surface area contributed by atoms with Crippen LogP contribution >= 0.6 is 11.3 Å². The molecule has 0 atom stereocenters. The molecule has 10 aromatic rings. The molecule has 0 spiro atoms. The summed E-state index contributed by atoms with van der Waals surface area (Å²) >= 11 is 1.95. The summed E-state index contributed by atoms with van der Waals surface area (Å²) in [6.45, 7) is 0. The zero-order valence-electron chi connectivity index (χ0n) is 25.6. The van der Waals surface area contributed by atoms with Crippen LogP contribution in [0.1, 0.15) is 0 Å². The molecule has 0 aliphatic rings. The van der Waals surface area contributed by atoms with E-state index >= 15 is 0 Å². The van der Waals surface area contributed by atoms with Gasteiger partial charge in [0.1, 0.15) is 0 Å². The third-order valence-corrected chi connectivity index (χ3v) is 11.1. The standard InChI is InChI=1S/C46H28S/c1-4-13-29(14-5-1)41-35-21-10-11-22-36(35)44-43(31-17-8-3-9-18-31)45(47-46(44)42(41)30-15-6-2-7-16-30)38-28-26-34-24-23-32-19-12-20-33-25-27-37(38)40(34)39(32)33/h1-28H. The van der Waals surface area contributed by atoms with Crippen LogP contribution in [0.3, 0.4) is 0 Å². The number of hydrogen-bond donors (Lipinski definition) is 0. The van der Waals surface area contributed by atoms with Gasteiger partial charge in [-0.3, -0.25) is 0 Å². The second-order valence-electron chi connectivity index (χ2n) is 12.4. The van der Waals surface area contributed by atoms with Crippen molar-refractivity contribution in [2.24, 2.45) is 0 Å². The van der Waals surface area contributed by atoms with Crippen molar-refractivity contribution in [2.45, 2.75) is 0 Å². The lowest BCUT2D eigenvalue weighted by Crippen LogP contribution is -1.90. The van der Waals surface area contributed by atoms with E-state index in [0.717, 1.165) is 0 Å². The van der Waals surface area contributed by atoms with Crippen LogP contribution in [0.2, 0.25) is 0 Å². The molecule has 0 bridgehead atoms. The molecule has 0 amide bonds. The van der Waals surface area contributed by atoms with Crippen molar-refractivity contribution in [2.75, 3.05) is 0 Å². The van der Waals surface area contributed by atoms with Crippen LogP contribution in [0.15, 0.2) is 170 Å². The topological polar surface area (TPSA) is 0 Å². The lowest BCUT2D eigenvalue weighted by molar-refractivity contribution is 1.64. The predicted molar refractivity (Wildman–Crippen MR) is 205 cm³/mol. The van der Waals surface area contributed by atoms with Gasteiger partial charge < -0.3 is 0 Å². The lowest BCUT2D eigenvalue weighted by atomic mass is 9.85. The van der Waals surface area contributed by atoms with E-state index in [-0.39, 0.29) is 0 Å². The first-order valence-electron chi connectivity index (χ1n) is 16.2. The maximum Gasteiger partial charge on any atom is 0.0446 e. The zero-order chi connectivity index (χ0) is 30.9. The van der Waals surface area contributed by atoms with Crippen molar-refractivity contribution < 1.29 is 0 Å². The van der Waals surface area contributed by atoms with Crippen molar-refractivity contribution in [3.05, 3.63) is 170 Å². The van der Waals surface area contributed by atoms with Crippen LogP contribution in [0, 0.1) is 0 Å². The van der Waals surface area contributed by atoms with Gasteiger partial charge >= 0.3 is 0 Å². The summed E-state index contributed by atoms with van der Waals surface area (Å²) in [6.07, 6.45) is 0. The quantitative estimate of drug-likeness (QED) is 0.173. The molecule has 218 valence electrons. The van der Waals surface area contributed by atoms with Crippen LogP contribution < -0.4 is 0 Å². The van der Waals surface area contributed by atoms with E-state index in [1.807, 2.05) is 11.3 Å². The van der Waals surface area contributed by atoms with Gasteiger partial charge in [0.25, 0.3) is 0 Å². The normalized spacial score (nSPS) is 11.8. The summed E-state index contributed by atoms with van der Waals surface area (Å²) in [5.41, 5.74) is 8.93. The van der Waals surface area contributed by atoms with E-state index in [9.17, 15) is 0 Å². The van der Waals surface area contributed by atoms with Crippen LogP contribution in [-0.2, 0) is 0 Å². The van der Waals surface area contributed by atoms with Gasteiger partial charge in [-0.2, -0.15) is 0 Å². The fraction of sp³-hybridized carbons (Fsp3) is 0. The van der Waals surface area contributed by atoms with Crippen molar-refractivity contribution >= 4 is 64.5 Å². The van der Waals surface area contributed by atoms with E-state index in [1.54, 1.807) is 0 Å². The minimum atomic E-state index is 1.24. The van der Waals surface area contributed by atoms with Crippen molar-refractivity contribution in [1.29, 1.82) is 0 Å². The highest BCUT2D eigenvalue weighted by molar-refractivity contribution is 7.24. The number of rotatable bonds is 4. The SMILES string of the molecule is c1ccc(-c2c(-c3ccccc3)c3sc(-c4ccc5ccc6cccc7ccc4c5c67)c(-c4ccccc4)c3c3ccccc23)cc1. The number of thiophene rings is 1. The van der Waals surface area contributed by atoms with Gasteiger partial charge in [-0.05, 0) is 65.3 Å². The molecule has 9 aromatic carbocycles. The Morgan fingerprint density at radius 3 is 1.47 bits per heavy atom. The summed E-state index contributed by atoms with van der Waals surface area (Å²) in [7, 11) is 0. The third kappa shape index (κ3) is 3.94. The minimum absolute atomic E-state index is 1.24. The molecular formula is C46H28S. The van der Waals surface area contributed by atoms with Crippen molar-refractivity contribution in [1.82, 2.24) is 0 Å².